The molecule has 1 atom stereocenters. The Hall–Kier alpha value is -1.35. The van der Waals surface area contributed by atoms with Crippen molar-refractivity contribution in [2.45, 2.75) is 32.8 Å². The van der Waals surface area contributed by atoms with Crippen molar-refractivity contribution in [3.8, 4) is 0 Å². The number of rotatable bonds is 4. The second kappa shape index (κ2) is 5.82. The summed E-state index contributed by atoms with van der Waals surface area (Å²) in [6, 6.07) is 9.85. The minimum absolute atomic E-state index is 0.219. The van der Waals surface area contributed by atoms with Crippen molar-refractivity contribution >= 4 is 5.97 Å². The van der Waals surface area contributed by atoms with Gasteiger partial charge in [-0.05, 0) is 32.8 Å². The van der Waals surface area contributed by atoms with Crippen LogP contribution in [-0.4, -0.2) is 18.1 Å². The summed E-state index contributed by atoms with van der Waals surface area (Å²) in [5, 5.41) is 0. The summed E-state index contributed by atoms with van der Waals surface area (Å²) in [5.41, 5.74) is 6.29. The molecule has 0 aliphatic rings. The van der Waals surface area contributed by atoms with Crippen LogP contribution in [-0.2, 0) is 16.0 Å². The van der Waals surface area contributed by atoms with Crippen molar-refractivity contribution < 1.29 is 9.53 Å². The summed E-state index contributed by atoms with van der Waals surface area (Å²) in [7, 11) is 0. The summed E-state index contributed by atoms with van der Waals surface area (Å²) < 4.78 is 5.34. The van der Waals surface area contributed by atoms with Crippen LogP contribution in [0.5, 0.6) is 0 Å². The molecular formula is C14H21NO2. The fourth-order valence-corrected chi connectivity index (χ4v) is 1.55. The summed E-state index contributed by atoms with van der Waals surface area (Å²) >= 11 is 0. The van der Waals surface area contributed by atoms with Crippen LogP contribution >= 0.6 is 0 Å². The van der Waals surface area contributed by atoms with Gasteiger partial charge in [-0.15, -0.1) is 0 Å². The first kappa shape index (κ1) is 13.7. The number of hydrogen-bond acceptors (Lipinski definition) is 3. The van der Waals surface area contributed by atoms with Crippen LogP contribution in [0.1, 0.15) is 26.3 Å². The van der Waals surface area contributed by atoms with Crippen LogP contribution in [0.15, 0.2) is 30.3 Å². The molecule has 0 heterocycles. The smallest absolute Gasteiger partial charge is 0.311 e. The van der Waals surface area contributed by atoms with Crippen LogP contribution in [0.2, 0.25) is 0 Å². The lowest BCUT2D eigenvalue weighted by Gasteiger charge is -2.23. The molecule has 0 aliphatic heterocycles. The number of carbonyl (C=O) groups is 1. The first-order chi connectivity index (χ1) is 7.92. The van der Waals surface area contributed by atoms with E-state index in [-0.39, 0.29) is 11.9 Å². The average molecular weight is 235 g/mol. The highest BCUT2D eigenvalue weighted by Gasteiger charge is 2.24. The normalized spacial score (nSPS) is 13.2. The summed E-state index contributed by atoms with van der Waals surface area (Å²) in [6.45, 7) is 5.90. The van der Waals surface area contributed by atoms with Gasteiger partial charge in [-0.2, -0.15) is 0 Å². The molecule has 1 unspecified atom stereocenters. The largest absolute Gasteiger partial charge is 0.460 e. The second-order valence-electron chi connectivity index (χ2n) is 5.16. The molecule has 0 amide bonds. The number of carbonyl (C=O) groups excluding carboxylic acids is 1. The van der Waals surface area contributed by atoms with Gasteiger partial charge in [0.2, 0.25) is 0 Å². The van der Waals surface area contributed by atoms with Gasteiger partial charge in [0.15, 0.2) is 0 Å². The fourth-order valence-electron chi connectivity index (χ4n) is 1.55. The van der Waals surface area contributed by atoms with Crippen LogP contribution in [0, 0.1) is 5.92 Å². The Morgan fingerprint density at radius 2 is 1.88 bits per heavy atom. The monoisotopic (exact) mass is 235 g/mol. The number of esters is 1. The minimum Gasteiger partial charge on any atom is -0.460 e. The molecule has 0 spiro atoms. The van der Waals surface area contributed by atoms with E-state index >= 15 is 0 Å². The van der Waals surface area contributed by atoms with Gasteiger partial charge in [0.1, 0.15) is 5.60 Å². The van der Waals surface area contributed by atoms with Crippen LogP contribution < -0.4 is 5.73 Å². The highest BCUT2D eigenvalue weighted by atomic mass is 16.6. The molecule has 2 N–H and O–H groups in total. The lowest BCUT2D eigenvalue weighted by atomic mass is 9.99. The van der Waals surface area contributed by atoms with E-state index in [2.05, 4.69) is 0 Å². The third-order valence-electron chi connectivity index (χ3n) is 2.35. The maximum Gasteiger partial charge on any atom is 0.311 e. The van der Waals surface area contributed by atoms with Gasteiger partial charge in [0, 0.05) is 6.54 Å². The van der Waals surface area contributed by atoms with Gasteiger partial charge < -0.3 is 10.5 Å². The Balaban J connectivity index is 2.63. The van der Waals surface area contributed by atoms with E-state index in [1.165, 1.54) is 0 Å². The fraction of sp³-hybridized carbons (Fsp3) is 0.500. The van der Waals surface area contributed by atoms with Gasteiger partial charge in [0.25, 0.3) is 0 Å². The summed E-state index contributed by atoms with van der Waals surface area (Å²) in [4.78, 5) is 11.9. The average Bonchev–Trinajstić information content (AvgIpc) is 2.24. The van der Waals surface area contributed by atoms with Gasteiger partial charge in [0.05, 0.1) is 5.92 Å². The van der Waals surface area contributed by atoms with Crippen LogP contribution in [0.25, 0.3) is 0 Å². The topological polar surface area (TPSA) is 52.3 Å². The highest BCUT2D eigenvalue weighted by Crippen LogP contribution is 2.14. The molecule has 0 aromatic heterocycles. The maximum absolute atomic E-state index is 11.9. The predicted octanol–water partition coefficient (Wildman–Crippen LogP) is 2.15. The standard InChI is InChI=1S/C14H21NO2/c1-14(2,3)17-13(16)12(10-15)9-11-7-5-4-6-8-11/h4-8,12H,9-10,15H2,1-3H3. The predicted molar refractivity (Wildman–Crippen MR) is 68.5 cm³/mol. The van der Waals surface area contributed by atoms with E-state index in [4.69, 9.17) is 10.5 Å². The first-order valence-electron chi connectivity index (χ1n) is 5.89. The van der Waals surface area contributed by atoms with Crippen LogP contribution in [0.4, 0.5) is 0 Å². The number of benzene rings is 1. The number of hydrogen-bond donors (Lipinski definition) is 1. The van der Waals surface area contributed by atoms with E-state index in [1.54, 1.807) is 0 Å². The lowest BCUT2D eigenvalue weighted by molar-refractivity contribution is -0.159. The van der Waals surface area contributed by atoms with Crippen molar-refractivity contribution in [2.24, 2.45) is 11.7 Å². The molecule has 0 aliphatic carbocycles. The second-order valence-corrected chi connectivity index (χ2v) is 5.16. The molecular weight excluding hydrogens is 214 g/mol. The molecule has 0 fully saturated rings. The molecule has 3 nitrogen and oxygen atoms in total. The highest BCUT2D eigenvalue weighted by molar-refractivity contribution is 5.73. The van der Waals surface area contributed by atoms with Crippen LogP contribution in [0.3, 0.4) is 0 Å². The Morgan fingerprint density at radius 3 is 2.35 bits per heavy atom. The molecule has 0 radical (unpaired) electrons. The van der Waals surface area contributed by atoms with E-state index in [1.807, 2.05) is 51.1 Å². The summed E-state index contributed by atoms with van der Waals surface area (Å²) in [5.74, 6) is -0.486. The van der Waals surface area contributed by atoms with E-state index in [0.717, 1.165) is 5.56 Å². The van der Waals surface area contributed by atoms with Crippen molar-refractivity contribution in [1.29, 1.82) is 0 Å². The Kier molecular flexibility index (Phi) is 4.70. The Morgan fingerprint density at radius 1 is 1.29 bits per heavy atom. The zero-order valence-electron chi connectivity index (χ0n) is 10.8. The van der Waals surface area contributed by atoms with Gasteiger partial charge >= 0.3 is 5.97 Å². The maximum atomic E-state index is 11.9. The molecule has 1 aromatic rings. The van der Waals surface area contributed by atoms with E-state index < -0.39 is 5.60 Å². The first-order valence-corrected chi connectivity index (χ1v) is 5.89. The van der Waals surface area contributed by atoms with Crippen molar-refractivity contribution in [3.63, 3.8) is 0 Å². The van der Waals surface area contributed by atoms with E-state index in [9.17, 15) is 4.79 Å². The van der Waals surface area contributed by atoms with Crippen molar-refractivity contribution in [2.75, 3.05) is 6.54 Å². The molecule has 1 rings (SSSR count). The zero-order valence-corrected chi connectivity index (χ0v) is 10.8. The van der Waals surface area contributed by atoms with Crippen molar-refractivity contribution in [1.82, 2.24) is 0 Å². The molecule has 3 heteroatoms. The van der Waals surface area contributed by atoms with Crippen molar-refractivity contribution in [3.05, 3.63) is 35.9 Å². The molecule has 17 heavy (non-hydrogen) atoms. The lowest BCUT2D eigenvalue weighted by Crippen LogP contribution is -2.33. The van der Waals surface area contributed by atoms with Gasteiger partial charge in [-0.3, -0.25) is 4.79 Å². The zero-order chi connectivity index (χ0) is 12.9. The van der Waals surface area contributed by atoms with E-state index in [0.29, 0.717) is 13.0 Å². The molecule has 94 valence electrons. The molecule has 1 aromatic carbocycles. The minimum atomic E-state index is -0.457. The Labute approximate surface area is 103 Å². The summed E-state index contributed by atoms with van der Waals surface area (Å²) in [6.07, 6.45) is 0.631. The molecule has 0 saturated heterocycles. The molecule has 0 saturated carbocycles. The third kappa shape index (κ3) is 5.00. The number of ether oxygens (including phenoxy) is 1. The SMILES string of the molecule is CC(C)(C)OC(=O)C(CN)Cc1ccccc1. The van der Waals surface area contributed by atoms with Gasteiger partial charge in [-0.25, -0.2) is 0 Å². The quantitative estimate of drug-likeness (QED) is 0.813. The molecule has 0 bridgehead atoms. The third-order valence-corrected chi connectivity index (χ3v) is 2.35. The Bertz CT molecular complexity index is 354. The number of nitrogens with two attached hydrogens (primary N) is 1. The van der Waals surface area contributed by atoms with Gasteiger partial charge in [-0.1, -0.05) is 30.3 Å².